The summed E-state index contributed by atoms with van der Waals surface area (Å²) in [4.78, 5) is 0. The summed E-state index contributed by atoms with van der Waals surface area (Å²) in [7, 11) is -8.46. The molecule has 0 aliphatic rings. The van der Waals surface area contributed by atoms with Crippen molar-refractivity contribution < 1.29 is 60.1 Å². The molecule has 0 fully saturated rings. The molecule has 0 saturated carbocycles. The van der Waals surface area contributed by atoms with Gasteiger partial charge in [-0.1, -0.05) is 23.5 Å². The molecule has 0 aliphatic heterocycles. The minimum atomic E-state index is -4.25. The van der Waals surface area contributed by atoms with Crippen molar-refractivity contribution in [3.05, 3.63) is 24.3 Å². The molecule has 0 radical (unpaired) electrons. The van der Waals surface area contributed by atoms with Gasteiger partial charge in [0.1, 0.15) is 4.70 Å². The molecule has 0 aliphatic carbocycles. The maximum absolute atomic E-state index is 10.8. The number of hydrogen-bond donors (Lipinski definition) is 0. The van der Waals surface area contributed by atoms with Crippen molar-refractivity contribution in [2.24, 2.45) is 0 Å². The Balaban J connectivity index is 0.00000312. The molecule has 0 amide bonds. The second-order valence-electron chi connectivity index (χ2n) is 5.07. The van der Waals surface area contributed by atoms with E-state index in [-0.39, 0.29) is 42.4 Å². The number of hydrogen-bond acceptors (Lipinski definition) is 8. The molecule has 2 rings (SSSR count). The largest absolute Gasteiger partial charge is 1.00 e. The van der Waals surface area contributed by atoms with E-state index >= 15 is 0 Å². The van der Waals surface area contributed by atoms with Gasteiger partial charge in [0, 0.05) is 29.7 Å². The number of rotatable bonds is 9. The quantitative estimate of drug-likeness (QED) is 0.150. The zero-order chi connectivity index (χ0) is 17.8. The Morgan fingerprint density at radius 2 is 1.60 bits per heavy atom. The minimum absolute atomic E-state index is 0. The van der Waals surface area contributed by atoms with Gasteiger partial charge in [0.05, 0.1) is 20.2 Å². The zero-order valence-electron chi connectivity index (χ0n) is 13.6. The Bertz CT molecular complexity index is 910. The van der Waals surface area contributed by atoms with Gasteiger partial charge in [-0.15, -0.1) is 0 Å². The summed E-state index contributed by atoms with van der Waals surface area (Å²) in [6, 6.07) is 7.61. The summed E-state index contributed by atoms with van der Waals surface area (Å²) in [5.41, 5.74) is 0.935. The van der Waals surface area contributed by atoms with Crippen molar-refractivity contribution in [1.29, 1.82) is 0 Å². The van der Waals surface area contributed by atoms with E-state index in [0.717, 1.165) is 14.6 Å². The van der Waals surface area contributed by atoms with Crippen molar-refractivity contribution in [2.45, 2.75) is 23.7 Å². The first-order chi connectivity index (χ1) is 11.2. The number of thioether (sulfide) groups is 1. The fraction of sp³-hybridized carbons (Fsp3) is 0.462. The number of benzene rings is 1. The van der Waals surface area contributed by atoms with Crippen LogP contribution in [0.1, 0.15) is 12.8 Å². The van der Waals surface area contributed by atoms with Crippen LogP contribution in [0.4, 0.5) is 0 Å². The second kappa shape index (κ2) is 10.00. The van der Waals surface area contributed by atoms with E-state index in [1.54, 1.807) is 0 Å². The predicted octanol–water partition coefficient (Wildman–Crippen LogP) is -1.84. The van der Waals surface area contributed by atoms with E-state index in [1.807, 2.05) is 28.8 Å². The molecule has 0 spiro atoms. The molecule has 1 aromatic heterocycles. The Labute approximate surface area is 177 Å². The van der Waals surface area contributed by atoms with Crippen LogP contribution >= 0.6 is 23.1 Å². The van der Waals surface area contributed by atoms with Gasteiger partial charge in [-0.25, -0.2) is 16.8 Å². The van der Waals surface area contributed by atoms with E-state index in [9.17, 15) is 25.9 Å². The van der Waals surface area contributed by atoms with Crippen LogP contribution < -0.4 is 34.1 Å². The third-order valence-corrected chi connectivity index (χ3v) is 7.22. The molecular formula is C13H16NNaO6S4. The van der Waals surface area contributed by atoms with E-state index < -0.39 is 31.7 Å². The molecule has 134 valence electrons. The molecule has 7 nitrogen and oxygen atoms in total. The summed E-state index contributed by atoms with van der Waals surface area (Å²) in [6.45, 7) is 0.383. The van der Waals surface area contributed by atoms with Gasteiger partial charge in [0.2, 0.25) is 5.52 Å². The molecule has 0 saturated heterocycles. The molecule has 25 heavy (non-hydrogen) atoms. The molecule has 0 atom stereocenters. The Morgan fingerprint density at radius 1 is 1.00 bits per heavy atom. The summed E-state index contributed by atoms with van der Waals surface area (Å²) in [5, 5.41) is 0. The van der Waals surface area contributed by atoms with Crippen LogP contribution in [0.25, 0.3) is 10.2 Å². The van der Waals surface area contributed by atoms with Crippen LogP contribution in [0.5, 0.6) is 0 Å². The van der Waals surface area contributed by atoms with Crippen LogP contribution in [-0.4, -0.2) is 43.2 Å². The van der Waals surface area contributed by atoms with Crippen LogP contribution in [0.15, 0.2) is 28.6 Å². The first-order valence-corrected chi connectivity index (χ1v) is 12.0. The second-order valence-corrected chi connectivity index (χ2v) is 10.5. The number of fused-ring (bicyclic) bond motifs is 1. The van der Waals surface area contributed by atoms with Crippen LogP contribution in [0.2, 0.25) is 0 Å². The number of nitrogens with zero attached hydrogens (tertiary/aromatic N) is 1. The number of thiazole rings is 1. The Kier molecular flexibility index (Phi) is 9.33. The average molecular weight is 434 g/mol. The van der Waals surface area contributed by atoms with Gasteiger partial charge < -0.3 is 9.11 Å². The van der Waals surface area contributed by atoms with E-state index in [1.165, 1.54) is 23.1 Å². The van der Waals surface area contributed by atoms with E-state index in [4.69, 9.17) is 0 Å². The van der Waals surface area contributed by atoms with Gasteiger partial charge in [-0.2, -0.15) is 4.57 Å². The smallest absolute Gasteiger partial charge is 0.748 e. The molecule has 0 N–H and O–H groups in total. The standard InChI is InChI=1S/C13H17NO6S4.Na/c15-23(16,17)9-3-7-14-11-5-1-2-6-12(11)22-13(14)21-8-4-10-24(18,19)20;/h1-2,5-6H,3-4,7-10H2,(H-,15,16,17,18,19,20);/q;+1/p-1. The van der Waals surface area contributed by atoms with Gasteiger partial charge in [0.15, 0.2) is 6.54 Å². The van der Waals surface area contributed by atoms with Crippen molar-refractivity contribution in [1.82, 2.24) is 0 Å². The zero-order valence-corrected chi connectivity index (χ0v) is 18.8. The van der Waals surface area contributed by atoms with Gasteiger partial charge in [0.25, 0.3) is 4.34 Å². The van der Waals surface area contributed by atoms with Gasteiger partial charge in [-0.3, -0.25) is 0 Å². The molecule has 12 heteroatoms. The van der Waals surface area contributed by atoms with E-state index in [2.05, 4.69) is 0 Å². The number of aromatic nitrogens is 1. The molecule has 2 aromatic rings. The number of aryl methyl sites for hydroxylation is 1. The van der Waals surface area contributed by atoms with Gasteiger partial charge >= 0.3 is 29.6 Å². The summed E-state index contributed by atoms with van der Waals surface area (Å²) >= 11 is 2.93. The van der Waals surface area contributed by atoms with Gasteiger partial charge in [-0.05, 0) is 24.2 Å². The Morgan fingerprint density at radius 3 is 2.24 bits per heavy atom. The normalized spacial score (nSPS) is 12.2. The van der Waals surface area contributed by atoms with Crippen molar-refractivity contribution >= 4 is 53.6 Å². The predicted molar refractivity (Wildman–Crippen MR) is 91.1 cm³/mol. The van der Waals surface area contributed by atoms with Crippen LogP contribution in [0, 0.1) is 0 Å². The average Bonchev–Trinajstić information content (AvgIpc) is 2.80. The van der Waals surface area contributed by atoms with Crippen molar-refractivity contribution in [2.75, 3.05) is 17.3 Å². The molecular weight excluding hydrogens is 417 g/mol. The number of para-hydroxylation sites is 1. The molecule has 0 bridgehead atoms. The fourth-order valence-corrected chi connectivity index (χ4v) is 5.77. The molecule has 1 heterocycles. The SMILES string of the molecule is O=S(=O)([O-])CCCSc1sc2ccccc2[n+]1CCCS(=O)(=O)[O-].[Na+]. The Hall–Kier alpha value is 0.280. The first-order valence-electron chi connectivity index (χ1n) is 7.07. The summed E-state index contributed by atoms with van der Waals surface area (Å²) in [5.74, 6) is -0.365. The maximum atomic E-state index is 10.8. The van der Waals surface area contributed by atoms with E-state index in [0.29, 0.717) is 12.3 Å². The third-order valence-electron chi connectivity index (χ3n) is 3.11. The van der Waals surface area contributed by atoms with Crippen LogP contribution in [-0.2, 0) is 26.8 Å². The topological polar surface area (TPSA) is 118 Å². The minimum Gasteiger partial charge on any atom is -0.748 e. The summed E-state index contributed by atoms with van der Waals surface area (Å²) < 4.78 is 68.0. The first kappa shape index (κ1) is 23.3. The third kappa shape index (κ3) is 8.22. The monoisotopic (exact) mass is 433 g/mol. The van der Waals surface area contributed by atoms with Crippen LogP contribution in [0.3, 0.4) is 0 Å². The molecule has 0 unspecified atom stereocenters. The molecule has 1 aromatic carbocycles. The fourth-order valence-electron chi connectivity index (χ4n) is 2.13. The van der Waals surface area contributed by atoms with Crippen molar-refractivity contribution in [3.63, 3.8) is 0 Å². The summed E-state index contributed by atoms with van der Waals surface area (Å²) in [6.07, 6.45) is 0.458. The maximum Gasteiger partial charge on any atom is 1.00 e. The van der Waals surface area contributed by atoms with Crippen molar-refractivity contribution in [3.8, 4) is 0 Å².